The summed E-state index contributed by atoms with van der Waals surface area (Å²) in [5.74, 6) is -0.677. The van der Waals surface area contributed by atoms with E-state index in [1.807, 2.05) is 19.0 Å². The van der Waals surface area contributed by atoms with Gasteiger partial charge in [0, 0.05) is 6.54 Å². The van der Waals surface area contributed by atoms with Crippen LogP contribution in [0.25, 0.3) is 0 Å². The van der Waals surface area contributed by atoms with Crippen LogP contribution in [0.15, 0.2) is 0 Å². The fourth-order valence-electron chi connectivity index (χ4n) is 1.77. The summed E-state index contributed by atoms with van der Waals surface area (Å²) in [4.78, 5) is 25.9. The van der Waals surface area contributed by atoms with E-state index in [9.17, 15) is 9.59 Å². The highest BCUT2D eigenvalue weighted by Gasteiger charge is 2.42. The third-order valence-electron chi connectivity index (χ3n) is 2.80. The molecule has 0 heterocycles. The van der Waals surface area contributed by atoms with E-state index >= 15 is 0 Å². The van der Waals surface area contributed by atoms with Crippen LogP contribution >= 0.6 is 15.9 Å². The number of alkyl halides is 1. The average Bonchev–Trinajstić information content (AvgIpc) is 2.27. The molecule has 0 spiro atoms. The molecule has 0 fully saturated rings. The average molecular weight is 352 g/mol. The van der Waals surface area contributed by atoms with E-state index in [1.54, 1.807) is 27.7 Å². The second-order valence-electron chi connectivity index (χ2n) is 5.92. The monoisotopic (exact) mass is 351 g/mol. The number of likely N-dealkylation sites (N-methyl/N-ethyl adjacent to an activating group) is 1. The molecule has 1 unspecified atom stereocenters. The normalized spacial score (nSPS) is 14.8. The third kappa shape index (κ3) is 6.70. The maximum absolute atomic E-state index is 12.1. The first-order chi connectivity index (χ1) is 9.03. The maximum Gasteiger partial charge on any atom is 0.322 e. The number of nitrogens with zero attached hydrogens (tertiary/aromatic N) is 1. The van der Waals surface area contributed by atoms with Gasteiger partial charge >= 0.3 is 11.9 Å². The topological polar surface area (TPSA) is 55.8 Å². The predicted octanol–water partition coefficient (Wildman–Crippen LogP) is 2.22. The van der Waals surface area contributed by atoms with Crippen LogP contribution < -0.4 is 0 Å². The number of carbonyl (C=O) groups excluding carboxylic acids is 2. The molecular formula is C14H26BrNO4. The van der Waals surface area contributed by atoms with Crippen molar-refractivity contribution in [1.82, 2.24) is 4.90 Å². The number of esters is 2. The largest absolute Gasteiger partial charge is 0.466 e. The minimum Gasteiger partial charge on any atom is -0.466 e. The first-order valence-electron chi connectivity index (χ1n) is 6.71. The molecule has 0 aliphatic heterocycles. The van der Waals surface area contributed by atoms with Crippen molar-refractivity contribution in [2.75, 3.05) is 33.9 Å². The third-order valence-corrected chi connectivity index (χ3v) is 3.40. The van der Waals surface area contributed by atoms with Crippen molar-refractivity contribution in [2.45, 2.75) is 38.4 Å². The summed E-state index contributed by atoms with van der Waals surface area (Å²) in [7, 11) is 3.82. The smallest absolute Gasteiger partial charge is 0.322 e. The predicted molar refractivity (Wildman–Crippen MR) is 81.9 cm³/mol. The van der Waals surface area contributed by atoms with Crippen molar-refractivity contribution in [3.8, 4) is 0 Å². The van der Waals surface area contributed by atoms with Crippen LogP contribution in [0.4, 0.5) is 0 Å². The zero-order chi connectivity index (χ0) is 16.0. The van der Waals surface area contributed by atoms with E-state index in [0.29, 0.717) is 26.2 Å². The molecular weight excluding hydrogens is 326 g/mol. The lowest BCUT2D eigenvalue weighted by Gasteiger charge is -2.30. The van der Waals surface area contributed by atoms with Crippen molar-refractivity contribution in [2.24, 2.45) is 5.41 Å². The van der Waals surface area contributed by atoms with E-state index in [0.717, 1.165) is 0 Å². The fraction of sp³-hybridized carbons (Fsp3) is 0.857. The Balaban J connectivity index is 4.55. The Morgan fingerprint density at radius 1 is 1.10 bits per heavy atom. The molecule has 118 valence electrons. The molecule has 1 atom stereocenters. The highest BCUT2D eigenvalue weighted by atomic mass is 79.9. The Kier molecular flexibility index (Phi) is 7.73. The molecule has 0 saturated heterocycles. The second-order valence-corrected chi connectivity index (χ2v) is 7.67. The maximum atomic E-state index is 12.1. The summed E-state index contributed by atoms with van der Waals surface area (Å²) in [5, 5.41) is 0. The Morgan fingerprint density at radius 3 is 2.10 bits per heavy atom. The number of hydrogen-bond acceptors (Lipinski definition) is 5. The Morgan fingerprint density at radius 2 is 1.65 bits per heavy atom. The summed E-state index contributed by atoms with van der Waals surface area (Å²) in [6.07, 6.45) is 0.305. The van der Waals surface area contributed by atoms with Crippen LogP contribution in [0.1, 0.15) is 34.1 Å². The van der Waals surface area contributed by atoms with Gasteiger partial charge in [-0.15, -0.1) is 0 Å². The molecule has 0 aromatic carbocycles. The summed E-state index contributed by atoms with van der Waals surface area (Å²) in [6, 6.07) is 0. The number of rotatable bonds is 8. The minimum absolute atomic E-state index is 0.305. The quantitative estimate of drug-likeness (QED) is 0.495. The SMILES string of the molecule is CCOC(=O)C(C)(C)CC(C)(Br)C(=O)OCCN(C)C. The molecule has 5 nitrogen and oxygen atoms in total. The van der Waals surface area contributed by atoms with Crippen LogP contribution in [0.2, 0.25) is 0 Å². The number of carbonyl (C=O) groups is 2. The summed E-state index contributed by atoms with van der Waals surface area (Å²) < 4.78 is 9.34. The lowest BCUT2D eigenvalue weighted by Crippen LogP contribution is -2.40. The second kappa shape index (κ2) is 7.98. The molecule has 0 amide bonds. The summed E-state index contributed by atoms with van der Waals surface area (Å²) >= 11 is 3.37. The Bertz CT molecular complexity index is 340. The first-order valence-corrected chi connectivity index (χ1v) is 7.50. The molecule has 20 heavy (non-hydrogen) atoms. The van der Waals surface area contributed by atoms with Gasteiger partial charge in [0.1, 0.15) is 10.9 Å². The lowest BCUT2D eigenvalue weighted by atomic mass is 9.83. The van der Waals surface area contributed by atoms with Crippen LogP contribution in [-0.4, -0.2) is 55.0 Å². The molecule has 0 aromatic rings. The highest BCUT2D eigenvalue weighted by molar-refractivity contribution is 9.10. The van der Waals surface area contributed by atoms with Gasteiger partial charge in [-0.05, 0) is 48.2 Å². The van der Waals surface area contributed by atoms with E-state index in [2.05, 4.69) is 15.9 Å². The molecule has 6 heteroatoms. The van der Waals surface area contributed by atoms with Gasteiger partial charge in [-0.1, -0.05) is 15.9 Å². The van der Waals surface area contributed by atoms with E-state index < -0.39 is 9.74 Å². The summed E-state index contributed by atoms with van der Waals surface area (Å²) in [6.45, 7) is 8.31. The van der Waals surface area contributed by atoms with Gasteiger partial charge in [-0.3, -0.25) is 9.59 Å². The standard InChI is InChI=1S/C14H26BrNO4/c1-7-19-11(17)13(2,3)10-14(4,15)12(18)20-9-8-16(5)6/h7-10H2,1-6H3. The van der Waals surface area contributed by atoms with Gasteiger partial charge in [-0.25, -0.2) is 0 Å². The zero-order valence-corrected chi connectivity index (χ0v) is 14.9. The van der Waals surface area contributed by atoms with Crippen molar-refractivity contribution in [1.29, 1.82) is 0 Å². The Hall–Kier alpha value is -0.620. The van der Waals surface area contributed by atoms with Crippen LogP contribution in [-0.2, 0) is 19.1 Å². The van der Waals surface area contributed by atoms with Crippen LogP contribution in [0.5, 0.6) is 0 Å². The van der Waals surface area contributed by atoms with Gasteiger partial charge < -0.3 is 14.4 Å². The van der Waals surface area contributed by atoms with Gasteiger partial charge in [-0.2, -0.15) is 0 Å². The van der Waals surface area contributed by atoms with Crippen molar-refractivity contribution in [3.05, 3.63) is 0 Å². The molecule has 0 aromatic heterocycles. The minimum atomic E-state index is -0.907. The van der Waals surface area contributed by atoms with Gasteiger partial charge in [0.05, 0.1) is 12.0 Å². The van der Waals surface area contributed by atoms with Crippen molar-refractivity contribution in [3.63, 3.8) is 0 Å². The lowest BCUT2D eigenvalue weighted by molar-refractivity contribution is -0.155. The van der Waals surface area contributed by atoms with Crippen LogP contribution in [0.3, 0.4) is 0 Å². The van der Waals surface area contributed by atoms with Crippen LogP contribution in [0, 0.1) is 5.41 Å². The van der Waals surface area contributed by atoms with Gasteiger partial charge in [0.25, 0.3) is 0 Å². The van der Waals surface area contributed by atoms with Crippen molar-refractivity contribution < 1.29 is 19.1 Å². The number of ether oxygens (including phenoxy) is 2. The van der Waals surface area contributed by atoms with Gasteiger partial charge in [0.2, 0.25) is 0 Å². The van der Waals surface area contributed by atoms with Gasteiger partial charge in [0.15, 0.2) is 0 Å². The van der Waals surface area contributed by atoms with E-state index in [-0.39, 0.29) is 11.9 Å². The molecule has 0 aliphatic carbocycles. The Labute approximate surface area is 130 Å². The van der Waals surface area contributed by atoms with E-state index in [4.69, 9.17) is 9.47 Å². The molecule has 0 saturated carbocycles. The highest BCUT2D eigenvalue weighted by Crippen LogP contribution is 2.35. The molecule has 0 aliphatic rings. The zero-order valence-electron chi connectivity index (χ0n) is 13.3. The molecule has 0 rings (SSSR count). The summed E-state index contributed by atoms with van der Waals surface area (Å²) in [5.41, 5.74) is -0.755. The number of halogens is 1. The number of hydrogen-bond donors (Lipinski definition) is 0. The molecule has 0 N–H and O–H groups in total. The van der Waals surface area contributed by atoms with Crippen molar-refractivity contribution >= 4 is 27.9 Å². The molecule has 0 bridgehead atoms. The van der Waals surface area contributed by atoms with E-state index in [1.165, 1.54) is 0 Å². The first kappa shape index (κ1) is 19.4. The molecule has 0 radical (unpaired) electrons. The fourth-order valence-corrected chi connectivity index (χ4v) is 2.59.